The summed E-state index contributed by atoms with van der Waals surface area (Å²) in [6, 6.07) is 4.21. The van der Waals surface area contributed by atoms with E-state index in [1.165, 1.54) is 12.8 Å². The Labute approximate surface area is 120 Å². The summed E-state index contributed by atoms with van der Waals surface area (Å²) in [6.07, 6.45) is 2.42. The highest BCUT2D eigenvalue weighted by molar-refractivity contribution is 8.13. The first kappa shape index (κ1) is 14.5. The Hall–Kier alpha value is -0.900. The number of aliphatic imine (C=N–C) groups is 1. The summed E-state index contributed by atoms with van der Waals surface area (Å²) in [6.45, 7) is 9.57. The molecule has 2 heterocycles. The van der Waals surface area contributed by atoms with E-state index in [4.69, 9.17) is 9.41 Å². The van der Waals surface area contributed by atoms with Crippen LogP contribution in [0.15, 0.2) is 21.5 Å². The van der Waals surface area contributed by atoms with Crippen LogP contribution in [0.25, 0.3) is 0 Å². The van der Waals surface area contributed by atoms with Crippen LogP contribution in [0, 0.1) is 12.3 Å². The molecule has 1 aromatic rings. The number of nitrogens with one attached hydrogen (secondary N) is 1. The predicted molar refractivity (Wildman–Crippen MR) is 82.8 cm³/mol. The van der Waals surface area contributed by atoms with Crippen molar-refractivity contribution < 1.29 is 4.42 Å². The largest absolute Gasteiger partial charge is 0.464 e. The van der Waals surface area contributed by atoms with E-state index in [1.807, 2.05) is 30.8 Å². The van der Waals surface area contributed by atoms with Crippen LogP contribution in [0.5, 0.6) is 0 Å². The third-order valence-corrected chi connectivity index (χ3v) is 5.38. The van der Waals surface area contributed by atoms with Gasteiger partial charge in [0, 0.05) is 12.3 Å². The molecular weight excluding hydrogens is 256 g/mol. The highest BCUT2D eigenvalue weighted by atomic mass is 32.2. The number of furan rings is 1. The lowest BCUT2D eigenvalue weighted by Gasteiger charge is -2.33. The van der Waals surface area contributed by atoms with Crippen molar-refractivity contribution in [1.29, 1.82) is 0 Å². The molecule has 0 aromatic carbocycles. The van der Waals surface area contributed by atoms with Gasteiger partial charge in [0.05, 0.1) is 6.04 Å². The smallest absolute Gasteiger partial charge is 0.157 e. The van der Waals surface area contributed by atoms with E-state index < -0.39 is 0 Å². The summed E-state index contributed by atoms with van der Waals surface area (Å²) in [4.78, 5) is 4.72. The lowest BCUT2D eigenvalue weighted by Crippen LogP contribution is -2.35. The van der Waals surface area contributed by atoms with Crippen LogP contribution in [0.3, 0.4) is 0 Å². The first-order valence-electron chi connectivity index (χ1n) is 7.08. The summed E-state index contributed by atoms with van der Waals surface area (Å²) < 4.78 is 5.64. The monoisotopic (exact) mass is 280 g/mol. The van der Waals surface area contributed by atoms with Gasteiger partial charge in [0.25, 0.3) is 0 Å². The molecule has 0 saturated heterocycles. The van der Waals surface area contributed by atoms with Crippen molar-refractivity contribution in [2.24, 2.45) is 10.4 Å². The van der Waals surface area contributed by atoms with Crippen molar-refractivity contribution in [3.8, 4) is 0 Å². The van der Waals surface area contributed by atoms with Gasteiger partial charge in [-0.25, -0.2) is 0 Å². The molecule has 0 fully saturated rings. The zero-order valence-corrected chi connectivity index (χ0v) is 13.1. The molecule has 4 heteroatoms. The second-order valence-corrected chi connectivity index (χ2v) is 6.40. The van der Waals surface area contributed by atoms with Crippen molar-refractivity contribution in [2.75, 3.05) is 12.3 Å². The molecule has 106 valence electrons. The molecule has 1 aliphatic rings. The fourth-order valence-electron chi connectivity index (χ4n) is 2.26. The highest BCUT2D eigenvalue weighted by Gasteiger charge is 2.30. The number of hydrogen-bond donors (Lipinski definition) is 1. The maximum atomic E-state index is 5.64. The van der Waals surface area contributed by atoms with E-state index >= 15 is 0 Å². The molecule has 0 bridgehead atoms. The number of aryl methyl sites for hydroxylation is 1. The van der Waals surface area contributed by atoms with Crippen molar-refractivity contribution in [3.63, 3.8) is 0 Å². The number of nitrogens with zero attached hydrogens (tertiary/aromatic N) is 1. The van der Waals surface area contributed by atoms with Crippen LogP contribution in [0.1, 0.15) is 51.2 Å². The molecule has 19 heavy (non-hydrogen) atoms. The molecule has 1 atom stereocenters. The van der Waals surface area contributed by atoms with Gasteiger partial charge >= 0.3 is 0 Å². The number of amidine groups is 1. The highest BCUT2D eigenvalue weighted by Crippen LogP contribution is 2.35. The molecule has 0 amide bonds. The van der Waals surface area contributed by atoms with E-state index in [2.05, 4.69) is 26.1 Å². The molecule has 0 spiro atoms. The minimum atomic E-state index is 0.177. The Bertz CT molecular complexity index is 449. The van der Waals surface area contributed by atoms with Gasteiger partial charge in [0.2, 0.25) is 0 Å². The molecule has 0 aliphatic carbocycles. The Morgan fingerprint density at radius 2 is 2.16 bits per heavy atom. The molecule has 1 N–H and O–H groups in total. The Kier molecular flexibility index (Phi) is 4.61. The lowest BCUT2D eigenvalue weighted by molar-refractivity contribution is 0.317. The average Bonchev–Trinajstić information content (AvgIpc) is 2.87. The van der Waals surface area contributed by atoms with Crippen LogP contribution in [-0.4, -0.2) is 17.5 Å². The quantitative estimate of drug-likeness (QED) is 0.900. The SMILES string of the molecule is CCC1(CC)CN=C(NC(C)c2ccc(C)o2)SC1. The Morgan fingerprint density at radius 3 is 2.63 bits per heavy atom. The van der Waals surface area contributed by atoms with Crippen LogP contribution in [-0.2, 0) is 0 Å². The van der Waals surface area contributed by atoms with Crippen molar-refractivity contribution >= 4 is 16.9 Å². The van der Waals surface area contributed by atoms with E-state index in [1.54, 1.807) is 0 Å². The summed E-state index contributed by atoms with van der Waals surface area (Å²) >= 11 is 1.85. The fourth-order valence-corrected chi connectivity index (χ4v) is 3.62. The van der Waals surface area contributed by atoms with Crippen molar-refractivity contribution in [1.82, 2.24) is 5.32 Å². The molecule has 0 saturated carbocycles. The zero-order chi connectivity index (χ0) is 13.9. The maximum Gasteiger partial charge on any atom is 0.157 e. The lowest BCUT2D eigenvalue weighted by atomic mass is 9.84. The minimum absolute atomic E-state index is 0.177. The number of rotatable bonds is 4. The minimum Gasteiger partial charge on any atom is -0.464 e. The molecule has 0 radical (unpaired) electrons. The second kappa shape index (κ2) is 6.04. The molecule has 1 unspecified atom stereocenters. The number of thioether (sulfide) groups is 1. The summed E-state index contributed by atoms with van der Waals surface area (Å²) in [5.74, 6) is 3.09. The molecule has 1 aromatic heterocycles. The maximum absolute atomic E-state index is 5.64. The van der Waals surface area contributed by atoms with Crippen LogP contribution in [0.2, 0.25) is 0 Å². The summed E-state index contributed by atoms with van der Waals surface area (Å²) in [5, 5.41) is 4.51. The van der Waals surface area contributed by atoms with Gasteiger partial charge in [-0.2, -0.15) is 0 Å². The van der Waals surface area contributed by atoms with E-state index in [0.717, 1.165) is 29.0 Å². The van der Waals surface area contributed by atoms with Gasteiger partial charge in [-0.15, -0.1) is 0 Å². The van der Waals surface area contributed by atoms with Gasteiger partial charge < -0.3 is 9.73 Å². The van der Waals surface area contributed by atoms with Crippen LogP contribution >= 0.6 is 11.8 Å². The standard InChI is InChI=1S/C15H24N2OS/c1-5-15(6-2)9-16-14(19-10-15)17-12(4)13-8-7-11(3)18-13/h7-8,12H,5-6,9-10H2,1-4H3,(H,16,17). The summed E-state index contributed by atoms with van der Waals surface area (Å²) in [7, 11) is 0. The third-order valence-electron chi connectivity index (χ3n) is 4.10. The van der Waals surface area contributed by atoms with Crippen LogP contribution < -0.4 is 5.32 Å². The normalized spacial score (nSPS) is 19.9. The molecular formula is C15H24N2OS. The van der Waals surface area contributed by atoms with E-state index in [-0.39, 0.29) is 6.04 Å². The zero-order valence-electron chi connectivity index (χ0n) is 12.3. The van der Waals surface area contributed by atoms with Crippen LogP contribution in [0.4, 0.5) is 0 Å². The van der Waals surface area contributed by atoms with Gasteiger partial charge in [0.1, 0.15) is 11.5 Å². The van der Waals surface area contributed by atoms with Crippen molar-refractivity contribution in [3.05, 3.63) is 23.7 Å². The Balaban J connectivity index is 1.96. The average molecular weight is 280 g/mol. The van der Waals surface area contributed by atoms with Gasteiger partial charge in [0.15, 0.2) is 5.17 Å². The van der Waals surface area contributed by atoms with Gasteiger partial charge in [-0.1, -0.05) is 25.6 Å². The topological polar surface area (TPSA) is 37.5 Å². The fraction of sp³-hybridized carbons (Fsp3) is 0.667. The van der Waals surface area contributed by atoms with Gasteiger partial charge in [-0.3, -0.25) is 4.99 Å². The van der Waals surface area contributed by atoms with Gasteiger partial charge in [-0.05, 0) is 44.2 Å². The molecule has 3 nitrogen and oxygen atoms in total. The predicted octanol–water partition coefficient (Wildman–Crippen LogP) is 4.15. The second-order valence-electron chi connectivity index (χ2n) is 5.43. The first-order chi connectivity index (χ1) is 9.08. The molecule has 1 aliphatic heterocycles. The molecule has 2 rings (SSSR count). The Morgan fingerprint density at radius 1 is 1.42 bits per heavy atom. The third kappa shape index (κ3) is 3.35. The van der Waals surface area contributed by atoms with Crippen molar-refractivity contribution in [2.45, 2.75) is 46.6 Å². The number of hydrogen-bond acceptors (Lipinski definition) is 4. The van der Waals surface area contributed by atoms with E-state index in [9.17, 15) is 0 Å². The van der Waals surface area contributed by atoms with E-state index in [0.29, 0.717) is 5.41 Å². The summed E-state index contributed by atoms with van der Waals surface area (Å²) in [5.41, 5.74) is 0.403. The first-order valence-corrected chi connectivity index (χ1v) is 8.07.